The predicted octanol–water partition coefficient (Wildman–Crippen LogP) is 6.39. The van der Waals surface area contributed by atoms with Crippen LogP contribution in [0.4, 0.5) is 11.4 Å². The molecule has 30 heavy (non-hydrogen) atoms. The van der Waals surface area contributed by atoms with Gasteiger partial charge in [0.1, 0.15) is 0 Å². The van der Waals surface area contributed by atoms with E-state index in [1.54, 1.807) is 0 Å². The highest BCUT2D eigenvalue weighted by atomic mass is 15.1. The third-order valence-electron chi connectivity index (χ3n) is 7.46. The number of nitrogens with one attached hydrogen (secondary N) is 2. The molecule has 0 aliphatic carbocycles. The third-order valence-corrected chi connectivity index (χ3v) is 7.46. The van der Waals surface area contributed by atoms with Gasteiger partial charge in [0.05, 0.1) is 0 Å². The van der Waals surface area contributed by atoms with Crippen molar-refractivity contribution < 1.29 is 0 Å². The van der Waals surface area contributed by atoms with Gasteiger partial charge in [0.2, 0.25) is 0 Å². The van der Waals surface area contributed by atoms with Gasteiger partial charge in [0.15, 0.2) is 0 Å². The second-order valence-electron chi connectivity index (χ2n) is 8.97. The van der Waals surface area contributed by atoms with E-state index in [-0.39, 0.29) is 0 Å². The highest BCUT2D eigenvalue weighted by Crippen LogP contribution is 2.31. The van der Waals surface area contributed by atoms with Gasteiger partial charge in [-0.3, -0.25) is 7.05 Å². The minimum absolute atomic E-state index is 0.897. The number of nitrogens with zero attached hydrogens (tertiary/aromatic N) is 1. The summed E-state index contributed by atoms with van der Waals surface area (Å²) in [6.07, 6.45) is 0. The molecule has 0 spiro atoms. The Morgan fingerprint density at radius 1 is 0.467 bits per heavy atom. The molecule has 166 valence electrons. The second kappa shape index (κ2) is 9.87. The van der Waals surface area contributed by atoms with Crippen LogP contribution in [0.1, 0.15) is 55.6 Å². The molecule has 0 atom stereocenters. The molecule has 3 nitrogen and oxygen atoms in total. The van der Waals surface area contributed by atoms with Crippen LogP contribution in [0, 0.1) is 76.3 Å². The quantitative estimate of drug-likeness (QED) is 0.496. The lowest BCUT2D eigenvalue weighted by molar-refractivity contribution is 0.398. The van der Waals surface area contributed by atoms with Crippen LogP contribution in [-0.2, 0) is 0 Å². The molecule has 0 heterocycles. The minimum atomic E-state index is 0.897. The number of hydrogen-bond acceptors (Lipinski definition) is 3. The molecular weight excluding hydrogens is 366 g/mol. The average molecular weight is 409 g/mol. The van der Waals surface area contributed by atoms with Crippen molar-refractivity contribution in [1.29, 1.82) is 0 Å². The van der Waals surface area contributed by atoms with Crippen LogP contribution in [0.3, 0.4) is 0 Å². The first-order chi connectivity index (χ1) is 14.0. The monoisotopic (exact) mass is 408 g/mol. The lowest BCUT2D eigenvalue weighted by Gasteiger charge is -2.27. The second-order valence-corrected chi connectivity index (χ2v) is 8.97. The lowest BCUT2D eigenvalue weighted by Crippen LogP contribution is -2.28. The normalized spacial score (nSPS) is 11.3. The van der Waals surface area contributed by atoms with Gasteiger partial charge >= 0.3 is 0 Å². The molecule has 2 rings (SSSR count). The molecule has 0 aliphatic heterocycles. The van der Waals surface area contributed by atoms with Crippen molar-refractivity contribution in [3.63, 3.8) is 0 Å². The van der Waals surface area contributed by atoms with E-state index in [0.717, 1.165) is 26.2 Å². The molecule has 0 aliphatic rings. The molecule has 0 fully saturated rings. The van der Waals surface area contributed by atoms with E-state index in [1.807, 2.05) is 0 Å². The first kappa shape index (κ1) is 24.3. The van der Waals surface area contributed by atoms with Crippen molar-refractivity contribution in [2.45, 2.75) is 69.2 Å². The van der Waals surface area contributed by atoms with Crippen LogP contribution < -0.4 is 10.6 Å². The maximum atomic E-state index is 4.24. The molecule has 2 aromatic carbocycles. The van der Waals surface area contributed by atoms with Crippen LogP contribution in [0.5, 0.6) is 0 Å². The molecule has 2 N–H and O–H groups in total. The fraction of sp³-hybridized carbons (Fsp3) is 0.519. The van der Waals surface area contributed by atoms with Gasteiger partial charge < -0.3 is 15.5 Å². The van der Waals surface area contributed by atoms with E-state index in [2.05, 4.69) is 91.8 Å². The summed E-state index contributed by atoms with van der Waals surface area (Å²) in [6, 6.07) is 0. The summed E-state index contributed by atoms with van der Waals surface area (Å²) in [5.41, 5.74) is 16.4. The van der Waals surface area contributed by atoms with Gasteiger partial charge in [-0.15, -0.1) is 0 Å². The van der Waals surface area contributed by atoms with Gasteiger partial charge in [-0.2, -0.15) is 0 Å². The number of anilines is 2. The summed E-state index contributed by atoms with van der Waals surface area (Å²) in [5, 5.41) is 7.33. The number of hydrogen-bond donors (Lipinski definition) is 2. The van der Waals surface area contributed by atoms with E-state index >= 15 is 0 Å². The van der Waals surface area contributed by atoms with Crippen molar-refractivity contribution in [2.24, 2.45) is 0 Å². The molecule has 3 heteroatoms. The fourth-order valence-corrected chi connectivity index (χ4v) is 4.32. The zero-order valence-corrected chi connectivity index (χ0v) is 21.0. The summed E-state index contributed by atoms with van der Waals surface area (Å²) in [4.78, 5) is 2.15. The van der Waals surface area contributed by atoms with Crippen molar-refractivity contribution in [2.75, 3.05) is 36.8 Å². The van der Waals surface area contributed by atoms with Crippen LogP contribution in [0.15, 0.2) is 0 Å². The molecule has 0 bridgehead atoms. The van der Waals surface area contributed by atoms with Crippen LogP contribution in [-0.4, -0.2) is 31.1 Å². The maximum Gasteiger partial charge on any atom is 0.0405 e. The van der Waals surface area contributed by atoms with Gasteiger partial charge in [-0.1, -0.05) is 0 Å². The van der Waals surface area contributed by atoms with Crippen molar-refractivity contribution in [3.05, 3.63) is 62.7 Å². The molecule has 0 aromatic heterocycles. The molecule has 2 aromatic rings. The topological polar surface area (TPSA) is 27.3 Å². The summed E-state index contributed by atoms with van der Waals surface area (Å²) in [7, 11) is 4.24. The van der Waals surface area contributed by atoms with Gasteiger partial charge in [0, 0.05) is 24.5 Å². The Labute approximate surface area is 185 Å². The largest absolute Gasteiger partial charge is 0.456 e. The predicted molar refractivity (Wildman–Crippen MR) is 134 cm³/mol. The van der Waals surface area contributed by atoms with E-state index in [1.165, 1.54) is 67.0 Å². The third kappa shape index (κ3) is 4.83. The standard InChI is InChI=1S/C27H42N3/c1-16-18(3)22(7)26(23(8)19(16)4)28-12-14-30(11)15-13-29-27-24(9)20(5)17(2)21(6)25(27)10/h28-29H,11-15H2,1-10H3/q-1. The van der Waals surface area contributed by atoms with Crippen molar-refractivity contribution in [3.8, 4) is 0 Å². The average Bonchev–Trinajstić information content (AvgIpc) is 2.72. The summed E-state index contributed by atoms with van der Waals surface area (Å²) >= 11 is 0. The highest BCUT2D eigenvalue weighted by molar-refractivity contribution is 5.65. The van der Waals surface area contributed by atoms with E-state index in [4.69, 9.17) is 0 Å². The van der Waals surface area contributed by atoms with Gasteiger partial charge in [0.25, 0.3) is 0 Å². The Kier molecular flexibility index (Phi) is 7.99. The Bertz CT molecular complexity index is 791. The van der Waals surface area contributed by atoms with Crippen LogP contribution >= 0.6 is 0 Å². The number of benzene rings is 2. The Hall–Kier alpha value is -2.00. The van der Waals surface area contributed by atoms with E-state index < -0.39 is 0 Å². The zero-order chi connectivity index (χ0) is 22.7. The Morgan fingerprint density at radius 2 is 0.700 bits per heavy atom. The molecule has 0 unspecified atom stereocenters. The first-order valence-electron chi connectivity index (χ1n) is 11.2. The zero-order valence-electron chi connectivity index (χ0n) is 21.0. The lowest BCUT2D eigenvalue weighted by atomic mass is 9.93. The molecule has 0 radical (unpaired) electrons. The maximum absolute atomic E-state index is 4.24. The fourth-order valence-electron chi connectivity index (χ4n) is 4.32. The molecule has 0 saturated heterocycles. The van der Waals surface area contributed by atoms with Crippen molar-refractivity contribution >= 4 is 11.4 Å². The Balaban J connectivity index is 1.92. The number of rotatable bonds is 8. The minimum Gasteiger partial charge on any atom is -0.456 e. The molecule has 0 saturated carbocycles. The molecule has 0 amide bonds. The van der Waals surface area contributed by atoms with E-state index in [9.17, 15) is 0 Å². The van der Waals surface area contributed by atoms with Gasteiger partial charge in [-0.05, 0) is 138 Å². The smallest absolute Gasteiger partial charge is 0.0405 e. The van der Waals surface area contributed by atoms with Crippen LogP contribution in [0.25, 0.3) is 0 Å². The summed E-state index contributed by atoms with van der Waals surface area (Å²) in [6.45, 7) is 25.8. The van der Waals surface area contributed by atoms with E-state index in [0.29, 0.717) is 0 Å². The molecular formula is C27H42N3-. The van der Waals surface area contributed by atoms with Crippen LogP contribution in [0.2, 0.25) is 0 Å². The SMILES string of the molecule is [CH2-]N(CCNc1c(C)c(C)c(C)c(C)c1C)CCNc1c(C)c(C)c(C)c(C)c1C. The Morgan fingerprint density at radius 3 is 0.967 bits per heavy atom. The van der Waals surface area contributed by atoms with Gasteiger partial charge in [-0.25, -0.2) is 0 Å². The summed E-state index contributed by atoms with van der Waals surface area (Å²) in [5.74, 6) is 0. The van der Waals surface area contributed by atoms with Crippen molar-refractivity contribution in [1.82, 2.24) is 4.90 Å². The first-order valence-corrected chi connectivity index (χ1v) is 11.2. The highest BCUT2D eigenvalue weighted by Gasteiger charge is 2.13. The summed E-state index contributed by atoms with van der Waals surface area (Å²) < 4.78 is 0.